The number of aliphatic hydroxyl groups is 1. The van der Waals surface area contributed by atoms with Gasteiger partial charge in [0.05, 0.1) is 0 Å². The van der Waals surface area contributed by atoms with Crippen LogP contribution in [0.2, 0.25) is 0 Å². The molecule has 0 aliphatic carbocycles. The van der Waals surface area contributed by atoms with E-state index in [9.17, 15) is 14.7 Å². The first-order valence-corrected chi connectivity index (χ1v) is 5.00. The van der Waals surface area contributed by atoms with Crippen molar-refractivity contribution in [3.63, 3.8) is 0 Å². The lowest BCUT2D eigenvalue weighted by Gasteiger charge is -2.29. The minimum Gasteiger partial charge on any atom is -0.478 e. The average Bonchev–Trinajstić information content (AvgIpc) is 2.00. The zero-order chi connectivity index (χ0) is 13.1. The molecular weight excluding hydrogens is 214 g/mol. The number of carbonyl (C=O) groups excluding carboxylic acids is 1. The molecule has 4 N–H and O–H groups in total. The lowest BCUT2D eigenvalue weighted by atomic mass is 9.93. The molecule has 0 heterocycles. The smallest absolute Gasteiger partial charge is 0.351 e. The maximum atomic E-state index is 11.6. The van der Waals surface area contributed by atoms with Gasteiger partial charge in [-0.2, -0.15) is 0 Å². The standard InChI is InChI=1S/C10H19NO5/c1-5-6(10(11,15)8(13)14)7(12)16-9(2,3)4/h6,15H,5,11H2,1-4H3,(H,13,14). The summed E-state index contributed by atoms with van der Waals surface area (Å²) in [5, 5.41) is 18.2. The van der Waals surface area contributed by atoms with Gasteiger partial charge in [-0.1, -0.05) is 6.92 Å². The topological polar surface area (TPSA) is 110 Å². The molecule has 0 aromatic rings. The molecule has 0 radical (unpaired) electrons. The second kappa shape index (κ2) is 4.80. The summed E-state index contributed by atoms with van der Waals surface area (Å²) in [5.74, 6) is -3.75. The zero-order valence-corrected chi connectivity index (χ0v) is 9.98. The second-order valence-corrected chi connectivity index (χ2v) is 4.62. The van der Waals surface area contributed by atoms with Crippen LogP contribution in [0, 0.1) is 5.92 Å². The maximum absolute atomic E-state index is 11.6. The first-order chi connectivity index (χ1) is 7.02. The van der Waals surface area contributed by atoms with Crippen LogP contribution in [0.5, 0.6) is 0 Å². The van der Waals surface area contributed by atoms with E-state index in [0.717, 1.165) is 0 Å². The van der Waals surface area contributed by atoms with Gasteiger partial charge < -0.3 is 14.9 Å². The van der Waals surface area contributed by atoms with Crippen molar-refractivity contribution >= 4 is 11.9 Å². The molecular formula is C10H19NO5. The molecule has 0 bridgehead atoms. The van der Waals surface area contributed by atoms with Gasteiger partial charge in [0.2, 0.25) is 5.72 Å². The minimum absolute atomic E-state index is 0.0776. The van der Waals surface area contributed by atoms with Crippen LogP contribution in [-0.2, 0) is 14.3 Å². The molecule has 0 aromatic carbocycles. The number of hydrogen-bond acceptors (Lipinski definition) is 5. The number of rotatable bonds is 4. The predicted molar refractivity (Wildman–Crippen MR) is 56.4 cm³/mol. The third kappa shape index (κ3) is 3.79. The fraction of sp³-hybridized carbons (Fsp3) is 0.800. The van der Waals surface area contributed by atoms with Gasteiger partial charge >= 0.3 is 11.9 Å². The van der Waals surface area contributed by atoms with Gasteiger partial charge in [-0.15, -0.1) is 0 Å². The van der Waals surface area contributed by atoms with E-state index in [2.05, 4.69) is 0 Å². The molecule has 0 aliphatic rings. The molecule has 0 amide bonds. The molecule has 0 spiro atoms. The van der Waals surface area contributed by atoms with Crippen molar-refractivity contribution < 1.29 is 24.5 Å². The minimum atomic E-state index is -2.60. The molecule has 2 unspecified atom stereocenters. The molecule has 0 rings (SSSR count). The van der Waals surface area contributed by atoms with Crippen molar-refractivity contribution in [1.29, 1.82) is 0 Å². The van der Waals surface area contributed by atoms with Gasteiger partial charge in [-0.05, 0) is 27.2 Å². The summed E-state index contributed by atoms with van der Waals surface area (Å²) in [6.07, 6.45) is 0.0776. The number of esters is 1. The van der Waals surface area contributed by atoms with E-state index in [4.69, 9.17) is 15.6 Å². The summed E-state index contributed by atoms with van der Waals surface area (Å²) in [7, 11) is 0. The molecule has 2 atom stereocenters. The van der Waals surface area contributed by atoms with Crippen LogP contribution >= 0.6 is 0 Å². The fourth-order valence-corrected chi connectivity index (χ4v) is 1.18. The maximum Gasteiger partial charge on any atom is 0.351 e. The summed E-state index contributed by atoms with van der Waals surface area (Å²) in [6.45, 7) is 6.49. The normalized spacial score (nSPS) is 17.4. The van der Waals surface area contributed by atoms with Gasteiger partial charge in [0.15, 0.2) is 0 Å². The van der Waals surface area contributed by atoms with Crippen LogP contribution < -0.4 is 5.73 Å². The summed E-state index contributed by atoms with van der Waals surface area (Å²) in [6, 6.07) is 0. The van der Waals surface area contributed by atoms with E-state index in [0.29, 0.717) is 0 Å². The van der Waals surface area contributed by atoms with Crippen LogP contribution in [0.25, 0.3) is 0 Å². The Balaban J connectivity index is 4.88. The van der Waals surface area contributed by atoms with Crippen molar-refractivity contribution in [1.82, 2.24) is 0 Å². The number of nitrogens with two attached hydrogens (primary N) is 1. The molecule has 0 aliphatic heterocycles. The van der Waals surface area contributed by atoms with Crippen molar-refractivity contribution in [3.8, 4) is 0 Å². The van der Waals surface area contributed by atoms with Gasteiger partial charge in [-0.3, -0.25) is 10.5 Å². The van der Waals surface area contributed by atoms with Gasteiger partial charge in [0.25, 0.3) is 0 Å². The van der Waals surface area contributed by atoms with Crippen molar-refractivity contribution in [2.75, 3.05) is 0 Å². The molecule has 0 fully saturated rings. The monoisotopic (exact) mass is 233 g/mol. The van der Waals surface area contributed by atoms with E-state index >= 15 is 0 Å². The van der Waals surface area contributed by atoms with E-state index in [1.165, 1.54) is 0 Å². The molecule has 0 saturated heterocycles. The molecule has 6 heteroatoms. The van der Waals surface area contributed by atoms with E-state index in [1.54, 1.807) is 27.7 Å². The number of hydrogen-bond donors (Lipinski definition) is 3. The number of carbonyl (C=O) groups is 2. The first-order valence-electron chi connectivity index (χ1n) is 5.00. The molecule has 94 valence electrons. The quantitative estimate of drug-likeness (QED) is 0.468. The summed E-state index contributed by atoms with van der Waals surface area (Å²) in [4.78, 5) is 22.3. The Hall–Kier alpha value is -1.14. The number of carboxylic acid groups (broad SMARTS) is 1. The predicted octanol–water partition coefficient (Wildman–Crippen LogP) is 0.0862. The SMILES string of the molecule is CCC(C(=O)OC(C)(C)C)C(N)(O)C(=O)O. The van der Waals surface area contributed by atoms with Crippen LogP contribution in [0.4, 0.5) is 0 Å². The molecule has 0 aromatic heterocycles. The largest absolute Gasteiger partial charge is 0.478 e. The van der Waals surface area contributed by atoms with Crippen molar-refractivity contribution in [3.05, 3.63) is 0 Å². The number of carboxylic acids is 1. The highest BCUT2D eigenvalue weighted by atomic mass is 16.6. The van der Waals surface area contributed by atoms with Crippen molar-refractivity contribution in [2.45, 2.75) is 45.4 Å². The van der Waals surface area contributed by atoms with E-state index in [-0.39, 0.29) is 6.42 Å². The van der Waals surface area contributed by atoms with Crippen LogP contribution in [0.1, 0.15) is 34.1 Å². The Morgan fingerprint density at radius 1 is 1.38 bits per heavy atom. The summed E-state index contributed by atoms with van der Waals surface area (Å²) >= 11 is 0. The van der Waals surface area contributed by atoms with Gasteiger partial charge in [0.1, 0.15) is 11.5 Å². The van der Waals surface area contributed by atoms with Crippen LogP contribution in [0.15, 0.2) is 0 Å². The summed E-state index contributed by atoms with van der Waals surface area (Å²) < 4.78 is 4.98. The van der Waals surface area contributed by atoms with Crippen molar-refractivity contribution in [2.24, 2.45) is 11.7 Å². The van der Waals surface area contributed by atoms with Gasteiger partial charge in [0, 0.05) is 0 Å². The third-order valence-electron chi connectivity index (χ3n) is 1.97. The Morgan fingerprint density at radius 3 is 2.06 bits per heavy atom. The number of ether oxygens (including phenoxy) is 1. The van der Waals surface area contributed by atoms with E-state index in [1.807, 2.05) is 0 Å². The highest BCUT2D eigenvalue weighted by Crippen LogP contribution is 2.21. The van der Waals surface area contributed by atoms with Crippen LogP contribution in [0.3, 0.4) is 0 Å². The first kappa shape index (κ1) is 14.9. The third-order valence-corrected chi connectivity index (χ3v) is 1.97. The summed E-state index contributed by atoms with van der Waals surface area (Å²) in [5.41, 5.74) is 1.84. The Labute approximate surface area is 94.4 Å². The molecule has 0 saturated carbocycles. The van der Waals surface area contributed by atoms with E-state index < -0.39 is 29.2 Å². The Kier molecular flexibility index (Phi) is 4.45. The lowest BCUT2D eigenvalue weighted by molar-refractivity contribution is -0.182. The molecule has 6 nitrogen and oxygen atoms in total. The fourth-order valence-electron chi connectivity index (χ4n) is 1.18. The average molecular weight is 233 g/mol. The second-order valence-electron chi connectivity index (χ2n) is 4.62. The Bertz CT molecular complexity index is 279. The lowest BCUT2D eigenvalue weighted by Crippen LogP contribution is -2.57. The van der Waals surface area contributed by atoms with Gasteiger partial charge in [-0.25, -0.2) is 4.79 Å². The zero-order valence-electron chi connectivity index (χ0n) is 9.98. The van der Waals surface area contributed by atoms with Crippen LogP contribution in [-0.4, -0.2) is 33.5 Å². The Morgan fingerprint density at radius 2 is 1.81 bits per heavy atom. The highest BCUT2D eigenvalue weighted by Gasteiger charge is 2.45. The number of aliphatic carboxylic acids is 1. The highest BCUT2D eigenvalue weighted by molar-refractivity contribution is 5.85. The molecule has 16 heavy (non-hydrogen) atoms.